The number of aryl methyl sites for hydroxylation is 1. The number of esters is 1. The van der Waals surface area contributed by atoms with Gasteiger partial charge in [-0.15, -0.1) is 0 Å². The molecule has 31 heavy (non-hydrogen) atoms. The Bertz CT molecular complexity index is 1260. The summed E-state index contributed by atoms with van der Waals surface area (Å²) < 4.78 is 5.61. The molecular weight excluding hydrogens is 412 g/mol. The van der Waals surface area contributed by atoms with Gasteiger partial charge in [0.2, 0.25) is 6.10 Å². The van der Waals surface area contributed by atoms with Gasteiger partial charge in [0.05, 0.1) is 5.52 Å². The molecule has 4 aromatic rings. The summed E-state index contributed by atoms with van der Waals surface area (Å²) in [5, 5.41) is 4.22. The zero-order valence-corrected chi connectivity index (χ0v) is 17.5. The highest BCUT2D eigenvalue weighted by atomic mass is 35.5. The van der Waals surface area contributed by atoms with Gasteiger partial charge in [-0.3, -0.25) is 4.79 Å². The highest BCUT2D eigenvalue weighted by Crippen LogP contribution is 2.24. The number of anilines is 1. The van der Waals surface area contributed by atoms with Gasteiger partial charge in [0, 0.05) is 21.7 Å². The minimum absolute atomic E-state index is 0.130. The average molecular weight is 431 g/mol. The largest absolute Gasteiger partial charge is 0.443 e. The first kappa shape index (κ1) is 20.6. The molecule has 0 aliphatic rings. The first-order valence-electron chi connectivity index (χ1n) is 9.70. The van der Waals surface area contributed by atoms with Gasteiger partial charge in [-0.1, -0.05) is 72.3 Å². The molecule has 0 saturated carbocycles. The molecule has 5 nitrogen and oxygen atoms in total. The van der Waals surface area contributed by atoms with Gasteiger partial charge in [0.15, 0.2) is 0 Å². The fraction of sp³-hybridized carbons (Fsp3) is 0.0800. The zero-order valence-electron chi connectivity index (χ0n) is 16.7. The number of fused-ring (bicyclic) bond motifs is 1. The van der Waals surface area contributed by atoms with Crippen LogP contribution in [0.25, 0.3) is 10.9 Å². The fourth-order valence-corrected chi connectivity index (χ4v) is 3.31. The van der Waals surface area contributed by atoms with Gasteiger partial charge in [0.1, 0.15) is 5.69 Å². The van der Waals surface area contributed by atoms with E-state index in [1.165, 1.54) is 0 Å². The molecule has 0 saturated heterocycles. The summed E-state index contributed by atoms with van der Waals surface area (Å²) in [5.41, 5.74) is 2.76. The van der Waals surface area contributed by atoms with Crippen molar-refractivity contribution in [3.05, 3.63) is 107 Å². The Hall–Kier alpha value is -3.70. The molecule has 0 aliphatic carbocycles. The summed E-state index contributed by atoms with van der Waals surface area (Å²) in [6.07, 6.45) is -1.15. The number of halogens is 1. The van der Waals surface area contributed by atoms with Crippen LogP contribution >= 0.6 is 11.6 Å². The Balaban J connectivity index is 1.60. The lowest BCUT2D eigenvalue weighted by Gasteiger charge is -2.18. The van der Waals surface area contributed by atoms with Gasteiger partial charge in [-0.2, -0.15) is 0 Å². The van der Waals surface area contributed by atoms with Crippen molar-refractivity contribution in [3.63, 3.8) is 0 Å². The van der Waals surface area contributed by atoms with E-state index in [1.807, 2.05) is 37.3 Å². The third-order valence-electron chi connectivity index (χ3n) is 4.81. The van der Waals surface area contributed by atoms with Crippen LogP contribution in [0.2, 0.25) is 5.02 Å². The molecule has 6 heteroatoms. The van der Waals surface area contributed by atoms with Crippen LogP contribution in [0.1, 0.15) is 27.7 Å². The number of carbonyl (C=O) groups excluding carboxylic acids is 2. The van der Waals surface area contributed by atoms with Crippen LogP contribution in [0.3, 0.4) is 0 Å². The van der Waals surface area contributed by atoms with Crippen molar-refractivity contribution in [1.82, 2.24) is 4.98 Å². The number of amides is 1. The molecule has 1 aromatic heterocycles. The topological polar surface area (TPSA) is 68.3 Å². The van der Waals surface area contributed by atoms with Crippen LogP contribution in [0.4, 0.5) is 5.69 Å². The standard InChI is InChI=1S/C25H19ClN2O3/c1-16-11-13-19(15-20(16)26)27-24(29)23(18-8-3-2-4-9-18)31-25(30)22-14-12-17-7-5-6-10-21(17)28-22/h2-15,23H,1H3,(H,27,29)/t23-/m1/s1. The molecule has 1 N–H and O–H groups in total. The van der Waals surface area contributed by atoms with Crippen molar-refractivity contribution in [3.8, 4) is 0 Å². The first-order chi connectivity index (χ1) is 15.0. The molecule has 3 aromatic carbocycles. The lowest BCUT2D eigenvalue weighted by molar-refractivity contribution is -0.125. The van der Waals surface area contributed by atoms with Gasteiger partial charge < -0.3 is 10.1 Å². The van der Waals surface area contributed by atoms with Crippen LogP contribution in [0.15, 0.2) is 84.9 Å². The molecule has 1 atom stereocenters. The molecule has 154 valence electrons. The van der Waals surface area contributed by atoms with E-state index in [0.29, 0.717) is 21.8 Å². The SMILES string of the molecule is Cc1ccc(NC(=O)[C@H](OC(=O)c2ccc3ccccc3n2)c2ccccc2)cc1Cl. The predicted octanol–water partition coefficient (Wildman–Crippen LogP) is 5.73. The lowest BCUT2D eigenvalue weighted by atomic mass is 10.1. The summed E-state index contributed by atoms with van der Waals surface area (Å²) in [6, 6.07) is 24.9. The minimum Gasteiger partial charge on any atom is -0.443 e. The van der Waals surface area contributed by atoms with Gasteiger partial charge in [-0.25, -0.2) is 9.78 Å². The van der Waals surface area contributed by atoms with Gasteiger partial charge >= 0.3 is 5.97 Å². The quantitative estimate of drug-likeness (QED) is 0.410. The number of carbonyl (C=O) groups is 2. The van der Waals surface area contributed by atoms with Crippen molar-refractivity contribution < 1.29 is 14.3 Å². The second-order valence-corrected chi connectivity index (χ2v) is 7.45. The summed E-state index contributed by atoms with van der Waals surface area (Å²) in [7, 11) is 0. The number of hydrogen-bond donors (Lipinski definition) is 1. The maximum atomic E-state index is 13.0. The third-order valence-corrected chi connectivity index (χ3v) is 5.22. The molecule has 0 unspecified atom stereocenters. The molecule has 1 heterocycles. The normalized spacial score (nSPS) is 11.7. The second-order valence-electron chi connectivity index (χ2n) is 7.04. The summed E-state index contributed by atoms with van der Waals surface area (Å²) in [6.45, 7) is 1.87. The van der Waals surface area contributed by atoms with Gasteiger partial charge in [-0.05, 0) is 36.8 Å². The number of para-hydroxylation sites is 1. The number of rotatable bonds is 5. The Morgan fingerprint density at radius 3 is 2.45 bits per heavy atom. The van der Waals surface area contributed by atoms with Crippen LogP contribution in [0.5, 0.6) is 0 Å². The highest BCUT2D eigenvalue weighted by Gasteiger charge is 2.26. The van der Waals surface area contributed by atoms with E-state index in [-0.39, 0.29) is 5.69 Å². The number of nitrogens with zero attached hydrogens (tertiary/aromatic N) is 1. The Morgan fingerprint density at radius 2 is 1.68 bits per heavy atom. The van der Waals surface area contributed by atoms with Crippen molar-refractivity contribution in [2.45, 2.75) is 13.0 Å². The van der Waals surface area contributed by atoms with Crippen LogP contribution in [-0.2, 0) is 9.53 Å². The molecule has 1 amide bonds. The van der Waals surface area contributed by atoms with Crippen molar-refractivity contribution in [2.24, 2.45) is 0 Å². The van der Waals surface area contributed by atoms with E-state index in [4.69, 9.17) is 16.3 Å². The zero-order chi connectivity index (χ0) is 21.8. The summed E-state index contributed by atoms with van der Waals surface area (Å²) in [5.74, 6) is -1.17. The number of ether oxygens (including phenoxy) is 1. The van der Waals surface area contributed by atoms with E-state index < -0.39 is 18.0 Å². The van der Waals surface area contributed by atoms with Gasteiger partial charge in [0.25, 0.3) is 5.91 Å². The maximum absolute atomic E-state index is 13.0. The average Bonchev–Trinajstić information content (AvgIpc) is 2.80. The first-order valence-corrected chi connectivity index (χ1v) is 10.1. The maximum Gasteiger partial charge on any atom is 0.358 e. The van der Waals surface area contributed by atoms with E-state index in [0.717, 1.165) is 10.9 Å². The summed E-state index contributed by atoms with van der Waals surface area (Å²) >= 11 is 6.16. The third kappa shape index (κ3) is 4.73. The van der Waals surface area contributed by atoms with E-state index in [9.17, 15) is 9.59 Å². The van der Waals surface area contributed by atoms with E-state index in [2.05, 4.69) is 10.3 Å². The number of aromatic nitrogens is 1. The number of pyridine rings is 1. The fourth-order valence-electron chi connectivity index (χ4n) is 3.13. The molecule has 4 rings (SSSR count). The predicted molar refractivity (Wildman–Crippen MR) is 121 cm³/mol. The highest BCUT2D eigenvalue weighted by molar-refractivity contribution is 6.31. The molecule has 0 fully saturated rings. The smallest absolute Gasteiger partial charge is 0.358 e. The van der Waals surface area contributed by atoms with Crippen LogP contribution in [-0.4, -0.2) is 16.9 Å². The number of benzene rings is 3. The molecule has 0 radical (unpaired) electrons. The van der Waals surface area contributed by atoms with Crippen LogP contribution < -0.4 is 5.32 Å². The Morgan fingerprint density at radius 1 is 0.935 bits per heavy atom. The number of hydrogen-bond acceptors (Lipinski definition) is 4. The second kappa shape index (κ2) is 8.98. The Kier molecular flexibility index (Phi) is 5.96. The van der Waals surface area contributed by atoms with Crippen molar-refractivity contribution >= 4 is 40.1 Å². The Labute approximate surface area is 184 Å². The molecule has 0 bridgehead atoms. The molecular formula is C25H19ClN2O3. The number of nitrogens with one attached hydrogen (secondary N) is 1. The van der Waals surface area contributed by atoms with Crippen molar-refractivity contribution in [2.75, 3.05) is 5.32 Å². The van der Waals surface area contributed by atoms with E-state index in [1.54, 1.807) is 54.6 Å². The van der Waals surface area contributed by atoms with Crippen molar-refractivity contribution in [1.29, 1.82) is 0 Å². The monoisotopic (exact) mass is 430 g/mol. The minimum atomic E-state index is -1.15. The molecule has 0 spiro atoms. The van der Waals surface area contributed by atoms with E-state index >= 15 is 0 Å². The van der Waals surface area contributed by atoms with Crippen LogP contribution in [0, 0.1) is 6.92 Å². The summed E-state index contributed by atoms with van der Waals surface area (Å²) in [4.78, 5) is 30.2. The molecule has 0 aliphatic heterocycles. The lowest BCUT2D eigenvalue weighted by Crippen LogP contribution is -2.26.